The lowest BCUT2D eigenvalue weighted by atomic mass is 9.99. The second-order valence-corrected chi connectivity index (χ2v) is 10.6. The van der Waals surface area contributed by atoms with E-state index in [1.54, 1.807) is 0 Å². The lowest BCUT2D eigenvalue weighted by Gasteiger charge is -2.12. The van der Waals surface area contributed by atoms with Crippen molar-refractivity contribution in [1.29, 1.82) is 0 Å². The minimum absolute atomic E-state index is 0.00260. The van der Waals surface area contributed by atoms with Gasteiger partial charge in [0.15, 0.2) is 11.5 Å². The van der Waals surface area contributed by atoms with Crippen molar-refractivity contribution >= 4 is 13.8 Å². The van der Waals surface area contributed by atoms with Crippen molar-refractivity contribution in [2.24, 2.45) is 0 Å². The molecular weight excluding hydrogens is 290 g/mol. The standard InChI is InChI=1S/C14H17NO5Si/c1-9(16)13-10(5-6-21(2,3)4)14-12(19-8-20-14)7-11(13)15(17)18/h7,9,16H,8H2,1-4H3. The van der Waals surface area contributed by atoms with Gasteiger partial charge in [0.2, 0.25) is 6.79 Å². The Morgan fingerprint density at radius 2 is 2.10 bits per heavy atom. The largest absolute Gasteiger partial charge is 0.453 e. The normalized spacial score (nSPS) is 14.3. The molecule has 6 nitrogen and oxygen atoms in total. The molecule has 1 unspecified atom stereocenters. The fourth-order valence-electron chi connectivity index (χ4n) is 1.99. The summed E-state index contributed by atoms with van der Waals surface area (Å²) in [4.78, 5) is 10.7. The number of nitrogens with zero attached hydrogens (tertiary/aromatic N) is 1. The van der Waals surface area contributed by atoms with E-state index in [0.717, 1.165) is 0 Å². The number of fused-ring (bicyclic) bond motifs is 1. The Bertz CT molecular complexity index is 652. The van der Waals surface area contributed by atoms with Crippen molar-refractivity contribution in [2.75, 3.05) is 6.79 Å². The number of ether oxygens (including phenoxy) is 2. The molecule has 0 radical (unpaired) electrons. The van der Waals surface area contributed by atoms with Gasteiger partial charge < -0.3 is 14.6 Å². The first-order valence-corrected chi connectivity index (χ1v) is 10.0. The maximum Gasteiger partial charge on any atom is 0.280 e. The quantitative estimate of drug-likeness (QED) is 0.393. The number of nitro benzene ring substituents is 1. The Morgan fingerprint density at radius 1 is 1.43 bits per heavy atom. The van der Waals surface area contributed by atoms with Gasteiger partial charge in [0, 0.05) is 0 Å². The lowest BCUT2D eigenvalue weighted by molar-refractivity contribution is -0.386. The molecule has 1 N–H and O–H groups in total. The van der Waals surface area contributed by atoms with Crippen molar-refractivity contribution in [3.63, 3.8) is 0 Å². The summed E-state index contributed by atoms with van der Waals surface area (Å²) in [6.45, 7) is 7.67. The molecule has 112 valence electrons. The Labute approximate surface area is 123 Å². The lowest BCUT2D eigenvalue weighted by Crippen LogP contribution is -2.16. The van der Waals surface area contributed by atoms with E-state index in [-0.39, 0.29) is 18.0 Å². The molecule has 0 fully saturated rings. The Balaban J connectivity index is 2.75. The fraction of sp³-hybridized carbons (Fsp3) is 0.429. The van der Waals surface area contributed by atoms with E-state index in [1.165, 1.54) is 13.0 Å². The number of nitro groups is 1. The van der Waals surface area contributed by atoms with E-state index in [1.807, 2.05) is 0 Å². The average molecular weight is 307 g/mol. The Hall–Kier alpha value is -2.04. The second-order valence-electron chi connectivity index (χ2n) is 5.85. The second kappa shape index (κ2) is 5.39. The third-order valence-corrected chi connectivity index (χ3v) is 3.73. The maximum atomic E-state index is 11.2. The zero-order valence-electron chi connectivity index (χ0n) is 12.4. The molecule has 0 aromatic heterocycles. The van der Waals surface area contributed by atoms with E-state index < -0.39 is 19.1 Å². The molecule has 1 aromatic rings. The van der Waals surface area contributed by atoms with Crippen molar-refractivity contribution < 1.29 is 19.5 Å². The topological polar surface area (TPSA) is 81.8 Å². The number of benzene rings is 1. The van der Waals surface area contributed by atoms with E-state index in [4.69, 9.17) is 9.47 Å². The van der Waals surface area contributed by atoms with E-state index in [9.17, 15) is 15.2 Å². The summed E-state index contributed by atoms with van der Waals surface area (Å²) >= 11 is 0. The molecule has 0 saturated carbocycles. The smallest absolute Gasteiger partial charge is 0.280 e. The van der Waals surface area contributed by atoms with Gasteiger partial charge in [0.1, 0.15) is 8.07 Å². The third kappa shape index (κ3) is 3.17. The highest BCUT2D eigenvalue weighted by Gasteiger charge is 2.31. The van der Waals surface area contributed by atoms with Gasteiger partial charge in [-0.2, -0.15) is 0 Å². The molecule has 0 saturated heterocycles. The van der Waals surface area contributed by atoms with Crippen LogP contribution in [0.15, 0.2) is 6.07 Å². The van der Waals surface area contributed by atoms with Gasteiger partial charge in [-0.3, -0.25) is 10.1 Å². The van der Waals surface area contributed by atoms with E-state index >= 15 is 0 Å². The van der Waals surface area contributed by atoms with Crippen molar-refractivity contribution in [3.05, 3.63) is 27.3 Å². The summed E-state index contributed by atoms with van der Waals surface area (Å²) < 4.78 is 10.6. The molecule has 0 aliphatic carbocycles. The summed E-state index contributed by atoms with van der Waals surface area (Å²) in [5, 5.41) is 21.2. The molecule has 1 aromatic carbocycles. The monoisotopic (exact) mass is 307 g/mol. The van der Waals surface area contributed by atoms with Gasteiger partial charge in [-0.1, -0.05) is 25.6 Å². The van der Waals surface area contributed by atoms with Crippen LogP contribution in [-0.2, 0) is 0 Å². The number of hydrogen-bond acceptors (Lipinski definition) is 5. The molecule has 1 atom stereocenters. The first-order valence-electron chi connectivity index (χ1n) is 6.53. The highest BCUT2D eigenvalue weighted by Crippen LogP contribution is 2.44. The van der Waals surface area contributed by atoms with E-state index in [2.05, 4.69) is 31.1 Å². The van der Waals surface area contributed by atoms with Gasteiger partial charge >= 0.3 is 0 Å². The van der Waals surface area contributed by atoms with Crippen LogP contribution in [-0.4, -0.2) is 24.9 Å². The first-order chi connectivity index (χ1) is 9.70. The van der Waals surface area contributed by atoms with Crippen molar-refractivity contribution in [1.82, 2.24) is 0 Å². The Kier molecular flexibility index (Phi) is 3.94. The number of hydrogen-bond donors (Lipinski definition) is 1. The molecule has 1 aliphatic heterocycles. The van der Waals surface area contributed by atoms with Crippen LogP contribution in [0.3, 0.4) is 0 Å². The molecule has 21 heavy (non-hydrogen) atoms. The van der Waals surface area contributed by atoms with Crippen LogP contribution >= 0.6 is 0 Å². The van der Waals surface area contributed by atoms with Crippen LogP contribution in [0.2, 0.25) is 19.6 Å². The minimum atomic E-state index is -1.68. The van der Waals surface area contributed by atoms with Gasteiger partial charge in [0.25, 0.3) is 5.69 Å². The van der Waals surface area contributed by atoms with Crippen LogP contribution < -0.4 is 9.47 Å². The summed E-state index contributed by atoms with van der Waals surface area (Å²) in [7, 11) is -1.68. The van der Waals surface area contributed by atoms with Gasteiger partial charge in [-0.15, -0.1) is 5.54 Å². The molecule has 0 amide bonds. The van der Waals surface area contributed by atoms with Gasteiger partial charge in [-0.05, 0) is 6.92 Å². The van der Waals surface area contributed by atoms with Crippen LogP contribution in [0.25, 0.3) is 0 Å². The predicted molar refractivity (Wildman–Crippen MR) is 80.1 cm³/mol. The first kappa shape index (κ1) is 15.3. The molecule has 7 heteroatoms. The molecule has 1 heterocycles. The summed E-state index contributed by atoms with van der Waals surface area (Å²) in [5.41, 5.74) is 3.48. The summed E-state index contributed by atoms with van der Waals surface area (Å²) in [6, 6.07) is 1.28. The fourth-order valence-corrected chi connectivity index (χ4v) is 2.49. The number of aliphatic hydroxyl groups is 1. The van der Waals surface area contributed by atoms with Gasteiger partial charge in [-0.25, -0.2) is 0 Å². The molecule has 0 spiro atoms. The highest BCUT2D eigenvalue weighted by molar-refractivity contribution is 6.83. The van der Waals surface area contributed by atoms with Crippen LogP contribution in [0.1, 0.15) is 24.2 Å². The number of aliphatic hydroxyl groups excluding tert-OH is 1. The Morgan fingerprint density at radius 3 is 2.62 bits per heavy atom. The summed E-state index contributed by atoms with van der Waals surface area (Å²) in [5.74, 6) is 3.65. The van der Waals surface area contributed by atoms with Crippen LogP contribution in [0.4, 0.5) is 5.69 Å². The zero-order valence-corrected chi connectivity index (χ0v) is 13.4. The molecule has 1 aliphatic rings. The number of rotatable bonds is 2. The zero-order chi connectivity index (χ0) is 15.8. The van der Waals surface area contributed by atoms with Crippen LogP contribution in [0, 0.1) is 21.6 Å². The average Bonchev–Trinajstić information content (AvgIpc) is 2.81. The predicted octanol–water partition coefficient (Wildman–Crippen LogP) is 2.61. The van der Waals surface area contributed by atoms with Crippen molar-refractivity contribution in [3.8, 4) is 23.0 Å². The van der Waals surface area contributed by atoms with Crippen molar-refractivity contribution in [2.45, 2.75) is 32.7 Å². The molecule has 2 rings (SSSR count). The SMILES string of the molecule is CC(O)c1c([N+](=O)[O-])cc2c(c1C#C[Si](C)(C)C)OCO2. The van der Waals surface area contributed by atoms with E-state index in [0.29, 0.717) is 17.1 Å². The minimum Gasteiger partial charge on any atom is -0.453 e. The maximum absolute atomic E-state index is 11.2. The molecular formula is C14H17NO5Si. The van der Waals surface area contributed by atoms with Crippen LogP contribution in [0.5, 0.6) is 11.5 Å². The highest BCUT2D eigenvalue weighted by atomic mass is 28.3. The summed E-state index contributed by atoms with van der Waals surface area (Å²) in [6.07, 6.45) is -1.02. The van der Waals surface area contributed by atoms with Gasteiger partial charge in [0.05, 0.1) is 28.2 Å². The third-order valence-electron chi connectivity index (χ3n) is 2.86. The molecule has 0 bridgehead atoms.